The highest BCUT2D eigenvalue weighted by atomic mass is 32.2. The molecule has 1 rings (SSSR count). The molecule has 0 aliphatic carbocycles. The first-order chi connectivity index (χ1) is 8.19. The van der Waals surface area contributed by atoms with Crippen LogP contribution in [0.1, 0.15) is 0 Å². The quantitative estimate of drug-likeness (QED) is 0.790. The first kappa shape index (κ1) is 14.9. The van der Waals surface area contributed by atoms with Gasteiger partial charge in [0.2, 0.25) is 10.0 Å². The van der Waals surface area contributed by atoms with Crippen LogP contribution >= 0.6 is 0 Å². The van der Waals surface area contributed by atoms with Gasteiger partial charge < -0.3 is 5.11 Å². The van der Waals surface area contributed by atoms with Crippen LogP contribution in [-0.2, 0) is 10.0 Å². The number of hydrogen-bond donors (Lipinski definition) is 2. The highest BCUT2D eigenvalue weighted by Gasteiger charge is 2.32. The second-order valence-corrected chi connectivity index (χ2v) is 5.09. The summed E-state index contributed by atoms with van der Waals surface area (Å²) in [5, 5.41) is 8.24. The average molecular weight is 287 g/mol. The number of benzene rings is 1. The molecule has 0 amide bonds. The number of halogens is 4. The molecular weight excluding hydrogens is 278 g/mol. The van der Waals surface area contributed by atoms with E-state index in [1.165, 1.54) is 4.72 Å². The summed E-state index contributed by atoms with van der Waals surface area (Å²) in [5.74, 6) is -6.50. The van der Waals surface area contributed by atoms with E-state index >= 15 is 0 Å². The van der Waals surface area contributed by atoms with Crippen molar-refractivity contribution in [1.29, 1.82) is 0 Å². The lowest BCUT2D eigenvalue weighted by molar-refractivity contribution is -0.0437. The molecule has 0 bridgehead atoms. The Balaban J connectivity index is 3.01. The molecule has 0 saturated carbocycles. The minimum absolute atomic E-state index is 0.682. The first-order valence-electron chi connectivity index (χ1n) is 4.62. The van der Waals surface area contributed by atoms with Crippen molar-refractivity contribution in [3.05, 3.63) is 29.8 Å². The van der Waals surface area contributed by atoms with E-state index in [1.54, 1.807) is 0 Å². The van der Waals surface area contributed by atoms with Crippen LogP contribution < -0.4 is 4.72 Å². The smallest absolute Gasteiger partial charge is 0.283 e. The van der Waals surface area contributed by atoms with Gasteiger partial charge in [0, 0.05) is 0 Å². The van der Waals surface area contributed by atoms with Gasteiger partial charge in [-0.1, -0.05) is 6.07 Å². The first-order valence-corrected chi connectivity index (χ1v) is 6.10. The van der Waals surface area contributed by atoms with E-state index in [9.17, 15) is 26.0 Å². The molecule has 1 aromatic rings. The molecule has 1 aromatic carbocycles. The van der Waals surface area contributed by atoms with Crippen molar-refractivity contribution >= 4 is 10.0 Å². The molecule has 0 heterocycles. The summed E-state index contributed by atoms with van der Waals surface area (Å²) in [7, 11) is -4.76. The molecular formula is C9H9F4NO3S. The van der Waals surface area contributed by atoms with Gasteiger partial charge in [0.15, 0.2) is 4.90 Å². The Morgan fingerprint density at radius 1 is 1.22 bits per heavy atom. The zero-order chi connectivity index (χ0) is 14.0. The van der Waals surface area contributed by atoms with Crippen molar-refractivity contribution in [3.63, 3.8) is 0 Å². The summed E-state index contributed by atoms with van der Waals surface area (Å²) in [4.78, 5) is -1.33. The Hall–Kier alpha value is -1.19. The Morgan fingerprint density at radius 3 is 2.17 bits per heavy atom. The standard InChI is InChI=1S/C9H9F4NO3S/c10-6-2-1-3-7(11)8(6)18(16,17)14-4-9(12,13)5-15/h1-3,14-15H,4-5H2. The van der Waals surface area contributed by atoms with Crippen molar-refractivity contribution in [2.24, 2.45) is 0 Å². The Morgan fingerprint density at radius 2 is 1.72 bits per heavy atom. The van der Waals surface area contributed by atoms with E-state index in [2.05, 4.69) is 0 Å². The summed E-state index contributed by atoms with van der Waals surface area (Å²) in [6.07, 6.45) is 0. The van der Waals surface area contributed by atoms with Crippen LogP contribution in [0.15, 0.2) is 23.1 Å². The van der Waals surface area contributed by atoms with Crippen LogP contribution in [0.4, 0.5) is 17.6 Å². The van der Waals surface area contributed by atoms with E-state index in [1.807, 2.05) is 0 Å². The van der Waals surface area contributed by atoms with Gasteiger partial charge in [-0.25, -0.2) is 30.7 Å². The number of rotatable bonds is 5. The maximum atomic E-state index is 13.2. The van der Waals surface area contributed by atoms with Gasteiger partial charge >= 0.3 is 0 Å². The second-order valence-electron chi connectivity index (χ2n) is 3.39. The van der Waals surface area contributed by atoms with Crippen LogP contribution in [0, 0.1) is 11.6 Å². The van der Waals surface area contributed by atoms with Gasteiger partial charge in [-0.05, 0) is 12.1 Å². The summed E-state index contributed by atoms with van der Waals surface area (Å²) >= 11 is 0. The molecule has 0 spiro atoms. The summed E-state index contributed by atoms with van der Waals surface area (Å²) in [6.45, 7) is -3.05. The van der Waals surface area contributed by atoms with Crippen LogP contribution in [0.2, 0.25) is 0 Å². The predicted octanol–water partition coefficient (Wildman–Crippen LogP) is 0.871. The molecule has 0 atom stereocenters. The number of nitrogens with one attached hydrogen (secondary N) is 1. The van der Waals surface area contributed by atoms with E-state index in [4.69, 9.17) is 5.11 Å². The van der Waals surface area contributed by atoms with Crippen LogP contribution in [-0.4, -0.2) is 32.6 Å². The Labute approximate surface area is 100 Å². The Kier molecular flexibility index (Phi) is 4.30. The lowest BCUT2D eigenvalue weighted by atomic mass is 10.3. The minimum atomic E-state index is -4.76. The predicted molar refractivity (Wildman–Crippen MR) is 53.6 cm³/mol. The molecule has 2 N–H and O–H groups in total. The third-order valence-corrected chi connectivity index (χ3v) is 3.39. The van der Waals surface area contributed by atoms with Crippen LogP contribution in [0.3, 0.4) is 0 Å². The largest absolute Gasteiger partial charge is 0.390 e. The van der Waals surface area contributed by atoms with Gasteiger partial charge in [0.25, 0.3) is 5.92 Å². The maximum Gasteiger partial charge on any atom is 0.283 e. The number of alkyl halides is 2. The van der Waals surface area contributed by atoms with Crippen molar-refractivity contribution in [3.8, 4) is 0 Å². The number of aliphatic hydroxyl groups is 1. The third-order valence-electron chi connectivity index (χ3n) is 1.94. The SMILES string of the molecule is O=S(=O)(NCC(F)(F)CO)c1c(F)cccc1F. The zero-order valence-electron chi connectivity index (χ0n) is 8.83. The molecule has 0 fully saturated rings. The third kappa shape index (κ3) is 3.40. The molecule has 102 valence electrons. The Bertz CT molecular complexity index is 512. The molecule has 18 heavy (non-hydrogen) atoms. The molecule has 9 heteroatoms. The summed E-state index contributed by atoms with van der Waals surface area (Å²) < 4.78 is 75.8. The number of aliphatic hydroxyl groups excluding tert-OH is 1. The number of sulfonamides is 1. The fourth-order valence-electron chi connectivity index (χ4n) is 1.07. The molecule has 0 unspecified atom stereocenters. The maximum absolute atomic E-state index is 13.2. The van der Waals surface area contributed by atoms with Gasteiger partial charge in [0.05, 0.1) is 6.54 Å². The van der Waals surface area contributed by atoms with E-state index in [-0.39, 0.29) is 0 Å². The number of hydrogen-bond acceptors (Lipinski definition) is 3. The van der Waals surface area contributed by atoms with Gasteiger partial charge in [-0.3, -0.25) is 0 Å². The van der Waals surface area contributed by atoms with E-state index in [0.717, 1.165) is 6.07 Å². The average Bonchev–Trinajstić information content (AvgIpc) is 2.26. The van der Waals surface area contributed by atoms with E-state index < -0.39 is 45.6 Å². The van der Waals surface area contributed by atoms with Crippen molar-refractivity contribution in [2.75, 3.05) is 13.2 Å². The lowest BCUT2D eigenvalue weighted by Gasteiger charge is -2.14. The molecule has 0 aliphatic rings. The van der Waals surface area contributed by atoms with Crippen molar-refractivity contribution in [1.82, 2.24) is 4.72 Å². The van der Waals surface area contributed by atoms with E-state index in [0.29, 0.717) is 12.1 Å². The topological polar surface area (TPSA) is 66.4 Å². The molecule has 0 aliphatic heterocycles. The zero-order valence-corrected chi connectivity index (χ0v) is 9.65. The van der Waals surface area contributed by atoms with Crippen molar-refractivity contribution in [2.45, 2.75) is 10.8 Å². The molecule has 0 aromatic heterocycles. The van der Waals surface area contributed by atoms with Gasteiger partial charge in [-0.2, -0.15) is 0 Å². The molecule has 4 nitrogen and oxygen atoms in total. The monoisotopic (exact) mass is 287 g/mol. The summed E-state index contributed by atoms with van der Waals surface area (Å²) in [5.41, 5.74) is 0. The van der Waals surface area contributed by atoms with Crippen LogP contribution in [0.5, 0.6) is 0 Å². The second kappa shape index (κ2) is 5.21. The molecule has 0 saturated heterocycles. The highest BCUT2D eigenvalue weighted by Crippen LogP contribution is 2.19. The van der Waals surface area contributed by atoms with Gasteiger partial charge in [-0.15, -0.1) is 0 Å². The fraction of sp³-hybridized carbons (Fsp3) is 0.333. The van der Waals surface area contributed by atoms with Crippen LogP contribution in [0.25, 0.3) is 0 Å². The lowest BCUT2D eigenvalue weighted by Crippen LogP contribution is -2.39. The summed E-state index contributed by atoms with van der Waals surface area (Å²) in [6, 6.07) is 2.30. The minimum Gasteiger partial charge on any atom is -0.390 e. The highest BCUT2D eigenvalue weighted by molar-refractivity contribution is 7.89. The fourth-order valence-corrected chi connectivity index (χ4v) is 2.26. The van der Waals surface area contributed by atoms with Crippen molar-refractivity contribution < 1.29 is 31.1 Å². The normalized spacial score (nSPS) is 12.7. The van der Waals surface area contributed by atoms with Gasteiger partial charge in [0.1, 0.15) is 18.2 Å². The molecule has 0 radical (unpaired) electrons.